The van der Waals surface area contributed by atoms with Crippen molar-refractivity contribution in [3.8, 4) is 5.75 Å². The van der Waals surface area contributed by atoms with Gasteiger partial charge in [-0.15, -0.1) is 0 Å². The van der Waals surface area contributed by atoms with Crippen molar-refractivity contribution in [2.24, 2.45) is 0 Å². The maximum absolute atomic E-state index is 11.4. The van der Waals surface area contributed by atoms with Crippen LogP contribution in [0.1, 0.15) is 34.0 Å². The largest absolute Gasteiger partial charge is 0.485 e. The fourth-order valence-electron chi connectivity index (χ4n) is 3.36. The number of carboxylic acids is 1. The minimum absolute atomic E-state index is 0.212. The Kier molecular flexibility index (Phi) is 3.27. The Morgan fingerprint density at radius 2 is 1.78 bits per heavy atom. The summed E-state index contributed by atoms with van der Waals surface area (Å²) in [5.74, 6) is -0.0475. The van der Waals surface area contributed by atoms with Gasteiger partial charge in [0.15, 0.2) is 0 Å². The van der Waals surface area contributed by atoms with E-state index in [0.717, 1.165) is 24.2 Å². The van der Waals surface area contributed by atoms with Crippen LogP contribution in [-0.4, -0.2) is 11.1 Å². The molecule has 3 nitrogen and oxygen atoms in total. The fraction of sp³-hybridized carbons (Fsp3) is 0.150. The van der Waals surface area contributed by atoms with Crippen LogP contribution in [0.25, 0.3) is 10.8 Å². The lowest BCUT2D eigenvalue weighted by Gasteiger charge is -2.28. The van der Waals surface area contributed by atoms with Gasteiger partial charge in [-0.25, -0.2) is 4.79 Å². The maximum atomic E-state index is 11.4. The number of benzene rings is 3. The lowest BCUT2D eigenvalue weighted by Crippen LogP contribution is -2.18. The third-order valence-electron chi connectivity index (χ3n) is 4.46. The fourth-order valence-corrected chi connectivity index (χ4v) is 3.36. The molecule has 1 atom stereocenters. The molecule has 1 heterocycles. The number of hydrogen-bond acceptors (Lipinski definition) is 2. The van der Waals surface area contributed by atoms with Crippen molar-refractivity contribution in [2.45, 2.75) is 18.9 Å². The summed E-state index contributed by atoms with van der Waals surface area (Å²) in [5.41, 5.74) is 2.28. The first-order valence-corrected chi connectivity index (χ1v) is 7.73. The van der Waals surface area contributed by atoms with E-state index in [1.807, 2.05) is 30.3 Å². The lowest BCUT2D eigenvalue weighted by atomic mass is 9.92. The molecule has 0 radical (unpaired) electrons. The van der Waals surface area contributed by atoms with Gasteiger partial charge in [-0.1, -0.05) is 48.5 Å². The van der Waals surface area contributed by atoms with E-state index in [1.165, 1.54) is 16.3 Å². The standard InChI is InChI=1S/C20H16O3/c21-20(22)17-8-4-3-7-15(17)19-12-10-16-14-6-2-1-5-13(14)9-11-18(16)23-19/h1-9,11,19H,10,12H2,(H,21,22)/t19-/m1/s1. The number of carbonyl (C=O) groups is 1. The van der Waals surface area contributed by atoms with Gasteiger partial charge in [0.25, 0.3) is 0 Å². The molecular formula is C20H16O3. The summed E-state index contributed by atoms with van der Waals surface area (Å²) in [6, 6.07) is 19.4. The quantitative estimate of drug-likeness (QED) is 0.752. The zero-order valence-corrected chi connectivity index (χ0v) is 12.5. The first-order chi connectivity index (χ1) is 11.2. The second kappa shape index (κ2) is 5.43. The summed E-state index contributed by atoms with van der Waals surface area (Å²) >= 11 is 0. The number of carboxylic acid groups (broad SMARTS) is 1. The summed E-state index contributed by atoms with van der Waals surface area (Å²) in [5, 5.41) is 11.8. The Morgan fingerprint density at radius 1 is 1.00 bits per heavy atom. The van der Waals surface area contributed by atoms with Crippen LogP contribution >= 0.6 is 0 Å². The summed E-state index contributed by atoms with van der Waals surface area (Å²) < 4.78 is 6.15. The van der Waals surface area contributed by atoms with Gasteiger partial charge >= 0.3 is 5.97 Å². The van der Waals surface area contributed by atoms with Gasteiger partial charge in [0.05, 0.1) is 5.56 Å². The molecule has 3 aromatic rings. The molecule has 23 heavy (non-hydrogen) atoms. The van der Waals surface area contributed by atoms with Gasteiger partial charge in [0.1, 0.15) is 11.9 Å². The summed E-state index contributed by atoms with van der Waals surface area (Å²) in [6.07, 6.45) is 1.46. The van der Waals surface area contributed by atoms with E-state index in [0.29, 0.717) is 5.56 Å². The highest BCUT2D eigenvalue weighted by atomic mass is 16.5. The molecule has 0 amide bonds. The average molecular weight is 304 g/mol. The van der Waals surface area contributed by atoms with Gasteiger partial charge in [-0.2, -0.15) is 0 Å². The van der Waals surface area contributed by atoms with Crippen LogP contribution in [0.15, 0.2) is 60.7 Å². The van der Waals surface area contributed by atoms with Gasteiger partial charge in [-0.05, 0) is 35.7 Å². The predicted octanol–water partition coefficient (Wildman–Crippen LogP) is 4.60. The van der Waals surface area contributed by atoms with Crippen LogP contribution in [0.3, 0.4) is 0 Å². The second-order valence-electron chi connectivity index (χ2n) is 5.80. The zero-order valence-electron chi connectivity index (χ0n) is 12.5. The molecule has 0 aromatic heterocycles. The Labute approximate surface area is 134 Å². The monoisotopic (exact) mass is 304 g/mol. The number of fused-ring (bicyclic) bond motifs is 3. The Balaban J connectivity index is 1.75. The summed E-state index contributed by atoms with van der Waals surface area (Å²) in [4.78, 5) is 11.4. The lowest BCUT2D eigenvalue weighted by molar-refractivity contribution is 0.0689. The summed E-state index contributed by atoms with van der Waals surface area (Å²) in [7, 11) is 0. The molecule has 3 heteroatoms. The van der Waals surface area contributed by atoms with E-state index < -0.39 is 5.97 Å². The number of hydrogen-bond donors (Lipinski definition) is 1. The average Bonchev–Trinajstić information content (AvgIpc) is 2.61. The van der Waals surface area contributed by atoms with E-state index in [-0.39, 0.29) is 6.10 Å². The number of aromatic carboxylic acids is 1. The molecule has 3 aromatic carbocycles. The minimum atomic E-state index is -0.909. The summed E-state index contributed by atoms with van der Waals surface area (Å²) in [6.45, 7) is 0. The van der Waals surface area contributed by atoms with Crippen LogP contribution in [0.4, 0.5) is 0 Å². The second-order valence-corrected chi connectivity index (χ2v) is 5.80. The highest BCUT2D eigenvalue weighted by Gasteiger charge is 2.26. The van der Waals surface area contributed by atoms with Crippen LogP contribution in [-0.2, 0) is 6.42 Å². The van der Waals surface area contributed by atoms with E-state index in [1.54, 1.807) is 12.1 Å². The van der Waals surface area contributed by atoms with E-state index in [9.17, 15) is 9.90 Å². The van der Waals surface area contributed by atoms with E-state index in [2.05, 4.69) is 18.2 Å². The topological polar surface area (TPSA) is 46.5 Å². The van der Waals surface area contributed by atoms with E-state index in [4.69, 9.17) is 4.74 Å². The SMILES string of the molecule is O=C(O)c1ccccc1[C@H]1CCc2c(ccc3ccccc23)O1. The molecule has 0 spiro atoms. The molecule has 4 rings (SSSR count). The van der Waals surface area contributed by atoms with Crippen LogP contribution in [0.2, 0.25) is 0 Å². The number of aryl methyl sites for hydroxylation is 1. The number of rotatable bonds is 2. The zero-order chi connectivity index (χ0) is 15.8. The van der Waals surface area contributed by atoms with Crippen LogP contribution < -0.4 is 4.74 Å². The van der Waals surface area contributed by atoms with Gasteiger partial charge in [-0.3, -0.25) is 0 Å². The van der Waals surface area contributed by atoms with Crippen molar-refractivity contribution in [3.05, 3.63) is 77.4 Å². The van der Waals surface area contributed by atoms with Crippen molar-refractivity contribution in [2.75, 3.05) is 0 Å². The smallest absolute Gasteiger partial charge is 0.336 e. The predicted molar refractivity (Wildman–Crippen MR) is 89.0 cm³/mol. The molecule has 0 aliphatic carbocycles. The first-order valence-electron chi connectivity index (χ1n) is 7.73. The maximum Gasteiger partial charge on any atom is 0.336 e. The molecule has 0 unspecified atom stereocenters. The Morgan fingerprint density at radius 3 is 2.65 bits per heavy atom. The van der Waals surface area contributed by atoms with Crippen molar-refractivity contribution in [1.29, 1.82) is 0 Å². The van der Waals surface area contributed by atoms with Crippen molar-refractivity contribution in [3.63, 3.8) is 0 Å². The Bertz CT molecular complexity index is 898. The van der Waals surface area contributed by atoms with Crippen LogP contribution in [0.5, 0.6) is 5.75 Å². The molecule has 1 aliphatic heterocycles. The van der Waals surface area contributed by atoms with Gasteiger partial charge in [0.2, 0.25) is 0 Å². The third kappa shape index (κ3) is 2.34. The molecular weight excluding hydrogens is 288 g/mol. The van der Waals surface area contributed by atoms with Gasteiger partial charge < -0.3 is 9.84 Å². The number of ether oxygens (including phenoxy) is 1. The van der Waals surface area contributed by atoms with Crippen molar-refractivity contribution < 1.29 is 14.6 Å². The molecule has 0 fully saturated rings. The minimum Gasteiger partial charge on any atom is -0.485 e. The van der Waals surface area contributed by atoms with Crippen molar-refractivity contribution in [1.82, 2.24) is 0 Å². The third-order valence-corrected chi connectivity index (χ3v) is 4.46. The highest BCUT2D eigenvalue weighted by molar-refractivity contribution is 5.90. The molecule has 114 valence electrons. The van der Waals surface area contributed by atoms with Crippen molar-refractivity contribution >= 4 is 16.7 Å². The molecule has 1 N–H and O–H groups in total. The normalized spacial score (nSPS) is 16.6. The molecule has 1 aliphatic rings. The highest BCUT2D eigenvalue weighted by Crippen LogP contribution is 2.39. The molecule has 0 bridgehead atoms. The van der Waals surface area contributed by atoms with Gasteiger partial charge in [0, 0.05) is 11.1 Å². The molecule has 0 saturated heterocycles. The molecule has 0 saturated carbocycles. The van der Waals surface area contributed by atoms with Crippen LogP contribution in [0, 0.1) is 0 Å². The van der Waals surface area contributed by atoms with E-state index >= 15 is 0 Å². The first kappa shape index (κ1) is 13.8. The Hall–Kier alpha value is -2.81.